The molecule has 3 N–H and O–H groups in total. The van der Waals surface area contributed by atoms with Crippen molar-refractivity contribution in [1.82, 2.24) is 29.1 Å². The number of hydrogen-bond acceptors (Lipinski definition) is 11. The Labute approximate surface area is 198 Å². The Hall–Kier alpha value is -3.06. The minimum Gasteiger partial charge on any atom is -0.450 e. The van der Waals surface area contributed by atoms with Gasteiger partial charge in [0.1, 0.15) is 11.8 Å². The predicted molar refractivity (Wildman–Crippen MR) is 125 cm³/mol. The van der Waals surface area contributed by atoms with Gasteiger partial charge in [-0.2, -0.15) is 9.47 Å². The number of anilines is 2. The smallest absolute Gasteiger partial charge is 0.208 e. The van der Waals surface area contributed by atoms with E-state index in [-0.39, 0.29) is 5.82 Å². The predicted octanol–water partition coefficient (Wildman–Crippen LogP) is 3.70. The molecule has 0 aromatic carbocycles. The van der Waals surface area contributed by atoms with Crippen LogP contribution in [0.25, 0.3) is 0 Å². The Morgan fingerprint density at radius 3 is 2.76 bits per heavy atom. The number of nitrogens with zero attached hydrogens (tertiary/aromatic N) is 6. The number of pyridine rings is 2. The lowest BCUT2D eigenvalue weighted by atomic mass is 10.3. The maximum Gasteiger partial charge on any atom is 0.208 e. The van der Waals surface area contributed by atoms with E-state index in [9.17, 15) is 5.11 Å². The maximum absolute atomic E-state index is 9.77. The first-order chi connectivity index (χ1) is 15.9. The van der Waals surface area contributed by atoms with Gasteiger partial charge in [-0.25, -0.2) is 9.97 Å². The van der Waals surface area contributed by atoms with Crippen molar-refractivity contribution in [2.75, 3.05) is 11.9 Å². The molecule has 4 aromatic heterocycles. The van der Waals surface area contributed by atoms with Gasteiger partial charge >= 0.3 is 0 Å². The highest BCUT2D eigenvalue weighted by Crippen LogP contribution is 2.38. The number of nitrogens with one attached hydrogen (secondary N) is 1. The standard InChI is InChI=1S/C21H23N7O3S2/c1-11-17(6-5-7-22-11)32-14-8-16(31-18-12(2)26-28(4)13(18)3)20(23-9-14)25-21-24-19(27-33-21)15(30)10-29/h5-9,15,29-30H,10H2,1-4H3,(H,23,24,25,27). The largest absolute Gasteiger partial charge is 0.450 e. The zero-order valence-corrected chi connectivity index (χ0v) is 20.1. The fourth-order valence-corrected chi connectivity index (χ4v) is 4.47. The molecule has 0 radical (unpaired) electrons. The molecule has 4 aromatic rings. The van der Waals surface area contributed by atoms with E-state index in [1.165, 1.54) is 11.8 Å². The van der Waals surface area contributed by atoms with Crippen LogP contribution >= 0.6 is 23.3 Å². The second kappa shape index (κ2) is 9.83. The summed E-state index contributed by atoms with van der Waals surface area (Å²) in [6.45, 7) is 5.32. The van der Waals surface area contributed by atoms with Gasteiger partial charge < -0.3 is 20.3 Å². The van der Waals surface area contributed by atoms with Crippen molar-refractivity contribution in [1.29, 1.82) is 0 Å². The lowest BCUT2D eigenvalue weighted by Crippen LogP contribution is -2.04. The molecule has 0 aliphatic rings. The Morgan fingerprint density at radius 1 is 1.24 bits per heavy atom. The van der Waals surface area contributed by atoms with E-state index >= 15 is 0 Å². The van der Waals surface area contributed by atoms with Crippen molar-refractivity contribution >= 4 is 34.2 Å². The van der Waals surface area contributed by atoms with Gasteiger partial charge in [0.2, 0.25) is 5.13 Å². The maximum atomic E-state index is 9.77. The zero-order valence-electron chi connectivity index (χ0n) is 18.5. The van der Waals surface area contributed by atoms with E-state index in [4.69, 9.17) is 9.84 Å². The van der Waals surface area contributed by atoms with Gasteiger partial charge in [-0.1, -0.05) is 11.8 Å². The third-order valence-corrected chi connectivity index (χ3v) is 6.56. The number of rotatable bonds is 8. The number of hydrogen-bond donors (Lipinski definition) is 3. The highest BCUT2D eigenvalue weighted by molar-refractivity contribution is 7.99. The van der Waals surface area contributed by atoms with E-state index in [1.54, 1.807) is 17.1 Å². The summed E-state index contributed by atoms with van der Waals surface area (Å²) >= 11 is 2.59. The van der Waals surface area contributed by atoms with Crippen LogP contribution in [0.1, 0.15) is 29.0 Å². The van der Waals surface area contributed by atoms with Crippen LogP contribution in [0, 0.1) is 20.8 Å². The summed E-state index contributed by atoms with van der Waals surface area (Å²) in [5, 5.41) is 26.8. The molecular weight excluding hydrogens is 462 g/mol. The lowest BCUT2D eigenvalue weighted by Gasteiger charge is -2.13. The summed E-state index contributed by atoms with van der Waals surface area (Å²) in [4.78, 5) is 15.0. The van der Waals surface area contributed by atoms with Gasteiger partial charge in [0, 0.05) is 46.8 Å². The van der Waals surface area contributed by atoms with Crippen molar-refractivity contribution in [2.24, 2.45) is 7.05 Å². The topological polar surface area (TPSA) is 131 Å². The molecule has 0 spiro atoms. The Bertz CT molecular complexity index is 1270. The molecule has 0 fully saturated rings. The van der Waals surface area contributed by atoms with Gasteiger partial charge in [-0.3, -0.25) is 9.67 Å². The van der Waals surface area contributed by atoms with Crippen molar-refractivity contribution in [3.8, 4) is 11.5 Å². The van der Waals surface area contributed by atoms with Gasteiger partial charge in [0.05, 0.1) is 18.0 Å². The number of ether oxygens (including phenoxy) is 1. The molecule has 1 unspecified atom stereocenters. The van der Waals surface area contributed by atoms with Crippen LogP contribution in [-0.2, 0) is 7.05 Å². The third kappa shape index (κ3) is 5.14. The molecule has 0 aliphatic heterocycles. The van der Waals surface area contributed by atoms with E-state index in [2.05, 4.69) is 29.7 Å². The van der Waals surface area contributed by atoms with Gasteiger partial charge in [-0.15, -0.1) is 0 Å². The first kappa shape index (κ1) is 23.1. The van der Waals surface area contributed by atoms with Crippen LogP contribution in [0.5, 0.6) is 11.5 Å². The molecule has 12 heteroatoms. The Morgan fingerprint density at radius 2 is 2.06 bits per heavy atom. The highest BCUT2D eigenvalue weighted by atomic mass is 32.2. The molecule has 4 rings (SSSR count). The zero-order chi connectivity index (χ0) is 23.5. The van der Waals surface area contributed by atoms with Crippen molar-refractivity contribution in [2.45, 2.75) is 36.7 Å². The highest BCUT2D eigenvalue weighted by Gasteiger charge is 2.18. The summed E-state index contributed by atoms with van der Waals surface area (Å²) in [5.41, 5.74) is 2.56. The van der Waals surface area contributed by atoms with E-state index < -0.39 is 12.7 Å². The molecule has 1 atom stereocenters. The van der Waals surface area contributed by atoms with Crippen LogP contribution in [0.2, 0.25) is 0 Å². The minimum atomic E-state index is -1.14. The van der Waals surface area contributed by atoms with E-state index in [0.29, 0.717) is 22.4 Å². The average molecular weight is 486 g/mol. The molecule has 0 aliphatic carbocycles. The van der Waals surface area contributed by atoms with Gasteiger partial charge in [-0.05, 0) is 32.9 Å². The molecule has 4 heterocycles. The minimum absolute atomic E-state index is 0.144. The molecule has 0 bridgehead atoms. The van der Waals surface area contributed by atoms with Crippen molar-refractivity contribution in [3.05, 3.63) is 53.5 Å². The van der Waals surface area contributed by atoms with Crippen LogP contribution in [-0.4, -0.2) is 45.9 Å². The summed E-state index contributed by atoms with van der Waals surface area (Å²) in [6, 6.07) is 5.79. The normalized spacial score (nSPS) is 12.1. The molecule has 0 amide bonds. The van der Waals surface area contributed by atoms with Gasteiger partial charge in [0.25, 0.3) is 0 Å². The first-order valence-electron chi connectivity index (χ1n) is 10.0. The second-order valence-electron chi connectivity index (χ2n) is 7.21. The van der Waals surface area contributed by atoms with Crippen LogP contribution in [0.15, 0.2) is 40.4 Å². The molecule has 172 valence electrons. The van der Waals surface area contributed by atoms with Crippen LogP contribution in [0.3, 0.4) is 0 Å². The number of aromatic nitrogens is 6. The third-order valence-electron chi connectivity index (χ3n) is 4.81. The molecular formula is C21H23N7O3S2. The summed E-state index contributed by atoms with van der Waals surface area (Å²) in [6.07, 6.45) is 2.36. The van der Waals surface area contributed by atoms with Crippen molar-refractivity contribution < 1.29 is 14.9 Å². The Balaban J connectivity index is 1.68. The summed E-state index contributed by atoms with van der Waals surface area (Å²) < 4.78 is 12.1. The van der Waals surface area contributed by atoms with Crippen molar-refractivity contribution in [3.63, 3.8) is 0 Å². The monoisotopic (exact) mass is 485 g/mol. The lowest BCUT2D eigenvalue weighted by molar-refractivity contribution is 0.0897. The molecule has 10 nitrogen and oxygen atoms in total. The SMILES string of the molecule is Cc1ncccc1Sc1cnc(Nc2nc(C(O)CO)ns2)c(Oc2c(C)nn(C)c2C)c1. The fraction of sp³-hybridized carbons (Fsp3) is 0.286. The number of aliphatic hydroxyl groups is 2. The average Bonchev–Trinajstić information content (AvgIpc) is 3.36. The fourth-order valence-electron chi connectivity index (χ4n) is 2.97. The Kier molecular flexibility index (Phi) is 6.88. The quantitative estimate of drug-likeness (QED) is 0.339. The van der Waals surface area contributed by atoms with E-state index in [0.717, 1.165) is 38.4 Å². The molecule has 0 saturated carbocycles. The number of aliphatic hydroxyl groups excluding tert-OH is 2. The first-order valence-corrected chi connectivity index (χ1v) is 11.6. The van der Waals surface area contributed by atoms with E-state index in [1.807, 2.05) is 46.0 Å². The molecule has 0 saturated heterocycles. The van der Waals surface area contributed by atoms with Crippen LogP contribution in [0.4, 0.5) is 10.9 Å². The summed E-state index contributed by atoms with van der Waals surface area (Å²) in [5.74, 6) is 1.72. The van der Waals surface area contributed by atoms with Crippen LogP contribution < -0.4 is 10.1 Å². The summed E-state index contributed by atoms with van der Waals surface area (Å²) in [7, 11) is 1.86. The van der Waals surface area contributed by atoms with Gasteiger partial charge in [0.15, 0.2) is 23.1 Å². The molecule has 33 heavy (non-hydrogen) atoms. The number of aryl methyl sites for hydroxylation is 3. The second-order valence-corrected chi connectivity index (χ2v) is 9.08.